The van der Waals surface area contributed by atoms with Crippen LogP contribution in [0.1, 0.15) is 24.3 Å². The Labute approximate surface area is 89.7 Å². The lowest BCUT2D eigenvalue weighted by molar-refractivity contribution is 0.419. The van der Waals surface area contributed by atoms with Crippen LogP contribution < -0.4 is 4.74 Å². The normalized spacial score (nSPS) is 15.5. The molecule has 3 rings (SSSR count). The molecular formula is C14H14O. The molecule has 1 fully saturated rings. The molecule has 0 N–H and O–H groups in total. The third-order valence-electron chi connectivity index (χ3n) is 3.15. The molecule has 76 valence electrons. The molecule has 0 atom stereocenters. The van der Waals surface area contributed by atoms with E-state index in [0.29, 0.717) is 0 Å². The van der Waals surface area contributed by atoms with Crippen molar-refractivity contribution in [2.75, 3.05) is 7.11 Å². The highest BCUT2D eigenvalue weighted by Gasteiger charge is 2.25. The molecule has 0 aliphatic heterocycles. The van der Waals surface area contributed by atoms with Gasteiger partial charge in [0.15, 0.2) is 0 Å². The summed E-state index contributed by atoms with van der Waals surface area (Å²) in [6.45, 7) is 0. The molecule has 0 spiro atoms. The van der Waals surface area contributed by atoms with Crippen LogP contribution in [-0.4, -0.2) is 7.11 Å². The lowest BCUT2D eigenvalue weighted by Gasteiger charge is -2.09. The number of hydrogen-bond acceptors (Lipinski definition) is 1. The molecule has 0 heterocycles. The fourth-order valence-electron chi connectivity index (χ4n) is 2.22. The Balaban J connectivity index is 2.30. The summed E-state index contributed by atoms with van der Waals surface area (Å²) in [5.74, 6) is 1.77. The van der Waals surface area contributed by atoms with Gasteiger partial charge < -0.3 is 4.74 Å². The third kappa shape index (κ3) is 1.39. The van der Waals surface area contributed by atoms with Crippen LogP contribution in [0.25, 0.3) is 10.8 Å². The van der Waals surface area contributed by atoms with Gasteiger partial charge in [0.05, 0.1) is 7.11 Å². The smallest absolute Gasteiger partial charge is 0.126 e. The fraction of sp³-hybridized carbons (Fsp3) is 0.286. The van der Waals surface area contributed by atoms with Crippen molar-refractivity contribution in [3.63, 3.8) is 0 Å². The lowest BCUT2D eigenvalue weighted by atomic mass is 10.0. The molecule has 1 aliphatic rings. The quantitative estimate of drug-likeness (QED) is 0.714. The molecule has 0 amide bonds. The van der Waals surface area contributed by atoms with Gasteiger partial charge in [-0.05, 0) is 35.8 Å². The molecule has 0 saturated heterocycles. The van der Waals surface area contributed by atoms with Crippen molar-refractivity contribution < 1.29 is 4.74 Å². The lowest BCUT2D eigenvalue weighted by Crippen LogP contribution is -1.88. The van der Waals surface area contributed by atoms with E-state index in [1.807, 2.05) is 0 Å². The standard InChI is InChI=1S/C14H14O/c1-15-14-9-8-11(10-6-7-10)12-4-2-3-5-13(12)14/h2-5,8-10H,6-7H2,1H3. The topological polar surface area (TPSA) is 9.23 Å². The van der Waals surface area contributed by atoms with Crippen molar-refractivity contribution in [1.82, 2.24) is 0 Å². The summed E-state index contributed by atoms with van der Waals surface area (Å²) in [5, 5.41) is 2.60. The summed E-state index contributed by atoms with van der Waals surface area (Å²) in [6, 6.07) is 12.8. The van der Waals surface area contributed by atoms with Crippen LogP contribution in [0, 0.1) is 0 Å². The van der Waals surface area contributed by atoms with Gasteiger partial charge in [0.2, 0.25) is 0 Å². The van der Waals surface area contributed by atoms with Gasteiger partial charge in [-0.1, -0.05) is 30.3 Å². The highest BCUT2D eigenvalue weighted by Crippen LogP contribution is 2.44. The van der Waals surface area contributed by atoms with Gasteiger partial charge in [0.25, 0.3) is 0 Å². The first-order valence-electron chi connectivity index (χ1n) is 5.46. The Kier molecular flexibility index (Phi) is 1.91. The first kappa shape index (κ1) is 8.78. The van der Waals surface area contributed by atoms with Crippen LogP contribution in [-0.2, 0) is 0 Å². The minimum atomic E-state index is 0.792. The van der Waals surface area contributed by atoms with Crippen LogP contribution in [0.3, 0.4) is 0 Å². The molecule has 1 heteroatoms. The Hall–Kier alpha value is -1.50. The SMILES string of the molecule is COc1ccc(C2CC2)c2ccccc12. The molecular weight excluding hydrogens is 184 g/mol. The summed E-state index contributed by atoms with van der Waals surface area (Å²) in [4.78, 5) is 0. The molecule has 2 aromatic carbocycles. The zero-order valence-corrected chi connectivity index (χ0v) is 8.86. The molecule has 1 nitrogen and oxygen atoms in total. The number of benzene rings is 2. The molecule has 0 radical (unpaired) electrons. The summed E-state index contributed by atoms with van der Waals surface area (Å²) in [6.07, 6.45) is 2.69. The second-order valence-electron chi connectivity index (χ2n) is 4.18. The van der Waals surface area contributed by atoms with E-state index in [2.05, 4.69) is 36.4 Å². The van der Waals surface area contributed by atoms with Gasteiger partial charge in [0, 0.05) is 5.39 Å². The number of methoxy groups -OCH3 is 1. The fourth-order valence-corrected chi connectivity index (χ4v) is 2.22. The highest BCUT2D eigenvalue weighted by atomic mass is 16.5. The number of fused-ring (bicyclic) bond motifs is 1. The maximum absolute atomic E-state index is 5.38. The van der Waals surface area contributed by atoms with E-state index in [9.17, 15) is 0 Å². The second kappa shape index (κ2) is 3.27. The first-order chi connectivity index (χ1) is 7.40. The Morgan fingerprint density at radius 2 is 1.73 bits per heavy atom. The van der Waals surface area contributed by atoms with Crippen LogP contribution in [0.5, 0.6) is 5.75 Å². The summed E-state index contributed by atoms with van der Waals surface area (Å²) in [5.41, 5.74) is 1.49. The van der Waals surface area contributed by atoms with Gasteiger partial charge in [0.1, 0.15) is 5.75 Å². The molecule has 0 bridgehead atoms. The molecule has 1 saturated carbocycles. The molecule has 0 unspecified atom stereocenters. The van der Waals surface area contributed by atoms with Gasteiger partial charge in [-0.2, -0.15) is 0 Å². The van der Waals surface area contributed by atoms with Gasteiger partial charge in [-0.25, -0.2) is 0 Å². The van der Waals surface area contributed by atoms with E-state index in [1.165, 1.54) is 29.2 Å². The van der Waals surface area contributed by atoms with Gasteiger partial charge >= 0.3 is 0 Å². The summed E-state index contributed by atoms with van der Waals surface area (Å²) >= 11 is 0. The van der Waals surface area contributed by atoms with E-state index < -0.39 is 0 Å². The monoisotopic (exact) mass is 198 g/mol. The van der Waals surface area contributed by atoms with E-state index in [0.717, 1.165) is 11.7 Å². The number of hydrogen-bond donors (Lipinski definition) is 0. The Morgan fingerprint density at radius 3 is 2.40 bits per heavy atom. The van der Waals surface area contributed by atoms with E-state index in [4.69, 9.17) is 4.74 Å². The molecule has 0 aromatic heterocycles. The van der Waals surface area contributed by atoms with Crippen molar-refractivity contribution >= 4 is 10.8 Å². The van der Waals surface area contributed by atoms with Crippen molar-refractivity contribution in [3.8, 4) is 5.75 Å². The van der Waals surface area contributed by atoms with Crippen LogP contribution in [0.2, 0.25) is 0 Å². The molecule has 2 aromatic rings. The first-order valence-corrected chi connectivity index (χ1v) is 5.46. The third-order valence-corrected chi connectivity index (χ3v) is 3.15. The highest BCUT2D eigenvalue weighted by molar-refractivity contribution is 5.91. The number of rotatable bonds is 2. The second-order valence-corrected chi connectivity index (χ2v) is 4.18. The average Bonchev–Trinajstić information content (AvgIpc) is 3.11. The zero-order valence-electron chi connectivity index (χ0n) is 8.86. The average molecular weight is 198 g/mol. The summed E-state index contributed by atoms with van der Waals surface area (Å²) < 4.78 is 5.38. The summed E-state index contributed by atoms with van der Waals surface area (Å²) in [7, 11) is 1.73. The predicted molar refractivity (Wildman–Crippen MR) is 62.5 cm³/mol. The van der Waals surface area contributed by atoms with Crippen LogP contribution >= 0.6 is 0 Å². The van der Waals surface area contributed by atoms with E-state index in [1.54, 1.807) is 7.11 Å². The van der Waals surface area contributed by atoms with Crippen LogP contribution in [0.15, 0.2) is 36.4 Å². The van der Waals surface area contributed by atoms with Crippen molar-refractivity contribution in [2.45, 2.75) is 18.8 Å². The minimum Gasteiger partial charge on any atom is -0.496 e. The van der Waals surface area contributed by atoms with Gasteiger partial charge in [-0.15, -0.1) is 0 Å². The van der Waals surface area contributed by atoms with Crippen molar-refractivity contribution in [2.24, 2.45) is 0 Å². The van der Waals surface area contributed by atoms with Crippen LogP contribution in [0.4, 0.5) is 0 Å². The molecule has 15 heavy (non-hydrogen) atoms. The Bertz CT molecular complexity index is 498. The van der Waals surface area contributed by atoms with E-state index in [-0.39, 0.29) is 0 Å². The maximum Gasteiger partial charge on any atom is 0.126 e. The maximum atomic E-state index is 5.38. The largest absolute Gasteiger partial charge is 0.496 e. The predicted octanol–water partition coefficient (Wildman–Crippen LogP) is 3.73. The zero-order chi connectivity index (χ0) is 10.3. The minimum absolute atomic E-state index is 0.792. The van der Waals surface area contributed by atoms with Crippen molar-refractivity contribution in [1.29, 1.82) is 0 Å². The molecule has 1 aliphatic carbocycles. The Morgan fingerprint density at radius 1 is 1.00 bits per heavy atom. The number of ether oxygens (including phenoxy) is 1. The van der Waals surface area contributed by atoms with Crippen molar-refractivity contribution in [3.05, 3.63) is 42.0 Å². The van der Waals surface area contributed by atoms with Gasteiger partial charge in [-0.3, -0.25) is 0 Å². The van der Waals surface area contributed by atoms with E-state index >= 15 is 0 Å².